The Balaban J connectivity index is 2.63. The summed E-state index contributed by atoms with van der Waals surface area (Å²) >= 11 is 0. The van der Waals surface area contributed by atoms with Crippen LogP contribution in [0.25, 0.3) is 11.1 Å². The van der Waals surface area contributed by atoms with Crippen LogP contribution in [0.3, 0.4) is 0 Å². The molecule has 0 aliphatic carbocycles. The van der Waals surface area contributed by atoms with Gasteiger partial charge in [0.05, 0.1) is 0 Å². The van der Waals surface area contributed by atoms with Crippen LogP contribution in [-0.2, 0) is 6.54 Å². The number of hydrogen-bond donors (Lipinski definition) is 1. The fourth-order valence-corrected chi connectivity index (χ4v) is 1.59. The zero-order chi connectivity index (χ0) is 11.5. The molecule has 2 aromatic rings. The molecule has 2 nitrogen and oxygen atoms in total. The van der Waals surface area contributed by atoms with Crippen LogP contribution < -0.4 is 5.73 Å². The van der Waals surface area contributed by atoms with Gasteiger partial charge >= 0.3 is 0 Å². The van der Waals surface area contributed by atoms with Gasteiger partial charge in [0.15, 0.2) is 5.82 Å². The fraction of sp³-hybridized carbons (Fsp3) is 0.0833. The third-order valence-corrected chi connectivity index (χ3v) is 2.37. The highest BCUT2D eigenvalue weighted by Gasteiger charge is 2.12. The van der Waals surface area contributed by atoms with Crippen LogP contribution in [0.5, 0.6) is 0 Å². The van der Waals surface area contributed by atoms with Crippen LogP contribution in [-0.4, -0.2) is 4.98 Å². The average Bonchev–Trinajstić information content (AvgIpc) is 2.33. The Morgan fingerprint density at radius 3 is 2.56 bits per heavy atom. The lowest BCUT2D eigenvalue weighted by atomic mass is 10.0. The first-order valence-corrected chi connectivity index (χ1v) is 4.82. The molecule has 0 spiro atoms. The summed E-state index contributed by atoms with van der Waals surface area (Å²) in [6.45, 7) is 0.277. The predicted molar refractivity (Wildman–Crippen MR) is 57.5 cm³/mol. The molecule has 1 heterocycles. The molecule has 2 rings (SSSR count). The predicted octanol–water partition coefficient (Wildman–Crippen LogP) is 2.49. The highest BCUT2D eigenvalue weighted by molar-refractivity contribution is 5.67. The van der Waals surface area contributed by atoms with Crippen molar-refractivity contribution in [2.45, 2.75) is 6.54 Å². The van der Waals surface area contributed by atoms with E-state index in [1.165, 1.54) is 12.3 Å². The van der Waals surface area contributed by atoms with Crippen LogP contribution in [0.1, 0.15) is 5.56 Å². The van der Waals surface area contributed by atoms with Crippen molar-refractivity contribution in [3.8, 4) is 11.1 Å². The van der Waals surface area contributed by atoms with Crippen molar-refractivity contribution >= 4 is 0 Å². The Bertz CT molecular complexity index is 512. The molecule has 0 unspecified atom stereocenters. The van der Waals surface area contributed by atoms with Crippen molar-refractivity contribution in [2.75, 3.05) is 0 Å². The van der Waals surface area contributed by atoms with Gasteiger partial charge in [-0.05, 0) is 17.2 Å². The summed E-state index contributed by atoms with van der Waals surface area (Å²) in [6.07, 6.45) is 1.24. The Hall–Kier alpha value is -1.81. The van der Waals surface area contributed by atoms with E-state index in [0.717, 1.165) is 5.56 Å². The molecule has 0 radical (unpaired) electrons. The molecular formula is C12H10F2N2. The zero-order valence-electron chi connectivity index (χ0n) is 8.45. The highest BCUT2D eigenvalue weighted by Crippen LogP contribution is 2.26. The Kier molecular flexibility index (Phi) is 2.92. The number of halogens is 2. The SMILES string of the molecule is NCc1ccccc1-c1ccnc(F)c1F. The summed E-state index contributed by atoms with van der Waals surface area (Å²) in [5.41, 5.74) is 7.10. The molecule has 0 atom stereocenters. The third kappa shape index (κ3) is 1.79. The fourth-order valence-electron chi connectivity index (χ4n) is 1.59. The summed E-state index contributed by atoms with van der Waals surface area (Å²) in [5, 5.41) is 0. The molecule has 0 fully saturated rings. The van der Waals surface area contributed by atoms with Crippen molar-refractivity contribution in [3.05, 3.63) is 53.9 Å². The number of hydrogen-bond acceptors (Lipinski definition) is 2. The molecule has 0 amide bonds. The Morgan fingerprint density at radius 1 is 1.06 bits per heavy atom. The number of benzene rings is 1. The minimum absolute atomic E-state index is 0.188. The molecule has 1 aromatic carbocycles. The molecule has 0 aliphatic heterocycles. The molecule has 16 heavy (non-hydrogen) atoms. The number of nitrogens with two attached hydrogens (primary N) is 1. The first-order chi connectivity index (χ1) is 7.74. The largest absolute Gasteiger partial charge is 0.326 e. The van der Waals surface area contributed by atoms with E-state index in [4.69, 9.17) is 5.73 Å². The lowest BCUT2D eigenvalue weighted by Crippen LogP contribution is -2.01. The minimum atomic E-state index is -1.09. The molecule has 0 saturated carbocycles. The summed E-state index contributed by atoms with van der Waals surface area (Å²) in [5.74, 6) is -2.03. The number of nitrogens with zero attached hydrogens (tertiary/aromatic N) is 1. The van der Waals surface area contributed by atoms with Crippen LogP contribution in [0.4, 0.5) is 8.78 Å². The van der Waals surface area contributed by atoms with Crippen LogP contribution in [0.2, 0.25) is 0 Å². The van der Waals surface area contributed by atoms with Gasteiger partial charge in [0, 0.05) is 18.3 Å². The molecule has 0 saturated heterocycles. The van der Waals surface area contributed by atoms with Gasteiger partial charge in [-0.1, -0.05) is 24.3 Å². The smallest absolute Gasteiger partial charge is 0.249 e. The van der Waals surface area contributed by atoms with E-state index < -0.39 is 11.8 Å². The van der Waals surface area contributed by atoms with Crippen LogP contribution in [0, 0.1) is 11.8 Å². The van der Waals surface area contributed by atoms with Crippen LogP contribution in [0.15, 0.2) is 36.5 Å². The van der Waals surface area contributed by atoms with E-state index in [0.29, 0.717) is 5.56 Å². The van der Waals surface area contributed by atoms with Crippen LogP contribution >= 0.6 is 0 Å². The molecule has 0 bridgehead atoms. The molecule has 82 valence electrons. The molecule has 0 aliphatic rings. The Labute approximate surface area is 91.7 Å². The van der Waals surface area contributed by atoms with Gasteiger partial charge in [-0.3, -0.25) is 0 Å². The standard InChI is InChI=1S/C12H10F2N2/c13-11-10(5-6-16-12(11)14)9-4-2-1-3-8(9)7-15/h1-6H,7,15H2. The maximum Gasteiger partial charge on any atom is 0.249 e. The van der Waals surface area contributed by atoms with Crippen molar-refractivity contribution in [3.63, 3.8) is 0 Å². The van der Waals surface area contributed by atoms with Gasteiger partial charge in [-0.25, -0.2) is 9.37 Å². The molecular weight excluding hydrogens is 210 g/mol. The first-order valence-electron chi connectivity index (χ1n) is 4.82. The van der Waals surface area contributed by atoms with Gasteiger partial charge < -0.3 is 5.73 Å². The van der Waals surface area contributed by atoms with E-state index in [2.05, 4.69) is 4.98 Å². The minimum Gasteiger partial charge on any atom is -0.326 e. The third-order valence-electron chi connectivity index (χ3n) is 2.37. The van der Waals surface area contributed by atoms with Crippen molar-refractivity contribution < 1.29 is 8.78 Å². The van der Waals surface area contributed by atoms with E-state index in [9.17, 15) is 8.78 Å². The average molecular weight is 220 g/mol. The second-order valence-corrected chi connectivity index (χ2v) is 3.32. The normalized spacial score (nSPS) is 10.4. The van der Waals surface area contributed by atoms with E-state index in [1.54, 1.807) is 24.3 Å². The number of rotatable bonds is 2. The van der Waals surface area contributed by atoms with Gasteiger partial charge in [0.25, 0.3) is 0 Å². The molecule has 1 aromatic heterocycles. The first kappa shape index (κ1) is 10.7. The quantitative estimate of drug-likeness (QED) is 0.790. The lowest BCUT2D eigenvalue weighted by Gasteiger charge is -2.08. The summed E-state index contributed by atoms with van der Waals surface area (Å²) in [7, 11) is 0. The molecule has 4 heteroatoms. The lowest BCUT2D eigenvalue weighted by molar-refractivity contribution is 0.481. The topological polar surface area (TPSA) is 38.9 Å². The maximum atomic E-state index is 13.5. The number of pyridine rings is 1. The number of aromatic nitrogens is 1. The van der Waals surface area contributed by atoms with Crippen molar-refractivity contribution in [1.29, 1.82) is 0 Å². The second-order valence-electron chi connectivity index (χ2n) is 3.32. The van der Waals surface area contributed by atoms with Crippen molar-refractivity contribution in [1.82, 2.24) is 4.98 Å². The van der Waals surface area contributed by atoms with E-state index in [1.807, 2.05) is 0 Å². The van der Waals surface area contributed by atoms with Gasteiger partial charge in [0.1, 0.15) is 0 Å². The summed E-state index contributed by atoms with van der Waals surface area (Å²) in [4.78, 5) is 3.25. The summed E-state index contributed by atoms with van der Waals surface area (Å²) < 4.78 is 26.5. The van der Waals surface area contributed by atoms with Gasteiger partial charge in [-0.2, -0.15) is 4.39 Å². The van der Waals surface area contributed by atoms with Gasteiger partial charge in [-0.15, -0.1) is 0 Å². The Morgan fingerprint density at radius 2 is 1.81 bits per heavy atom. The highest BCUT2D eigenvalue weighted by atomic mass is 19.2. The van der Waals surface area contributed by atoms with Gasteiger partial charge in [0.2, 0.25) is 5.95 Å². The maximum absolute atomic E-state index is 13.5. The van der Waals surface area contributed by atoms with E-state index in [-0.39, 0.29) is 12.1 Å². The van der Waals surface area contributed by atoms with E-state index >= 15 is 0 Å². The summed E-state index contributed by atoms with van der Waals surface area (Å²) in [6, 6.07) is 8.49. The second kappa shape index (κ2) is 4.37. The molecule has 2 N–H and O–H groups in total. The zero-order valence-corrected chi connectivity index (χ0v) is 8.45. The monoisotopic (exact) mass is 220 g/mol. The van der Waals surface area contributed by atoms with Crippen molar-refractivity contribution in [2.24, 2.45) is 5.73 Å².